The number of hydrogen-bond donors (Lipinski definition) is 2. The highest BCUT2D eigenvalue weighted by Gasteiger charge is 1.99. The zero-order valence-electron chi connectivity index (χ0n) is 10.0. The lowest BCUT2D eigenvalue weighted by molar-refractivity contribution is 0.723. The number of nitrogens with one attached hydrogen (secondary N) is 1. The lowest BCUT2D eigenvalue weighted by Crippen LogP contribution is -2.36. The van der Waals surface area contributed by atoms with Gasteiger partial charge in [-0.15, -0.1) is 0 Å². The van der Waals surface area contributed by atoms with Crippen LogP contribution in [0.4, 0.5) is 0 Å². The molecule has 0 bridgehead atoms. The van der Waals surface area contributed by atoms with E-state index < -0.39 is 0 Å². The average molecular weight is 274 g/mol. The van der Waals surface area contributed by atoms with Crippen LogP contribution in [0.2, 0.25) is 10.0 Å². The highest BCUT2D eigenvalue weighted by atomic mass is 35.5. The van der Waals surface area contributed by atoms with Gasteiger partial charge in [-0.1, -0.05) is 23.2 Å². The van der Waals surface area contributed by atoms with Gasteiger partial charge in [-0.25, -0.2) is 0 Å². The van der Waals surface area contributed by atoms with Crippen LogP contribution in [0, 0.1) is 0 Å². The third-order valence-corrected chi connectivity index (χ3v) is 2.48. The molecule has 0 unspecified atom stereocenters. The van der Waals surface area contributed by atoms with Crippen LogP contribution in [0.25, 0.3) is 0 Å². The molecule has 0 aromatic heterocycles. The number of nitrogens with zero attached hydrogens (tertiary/aromatic N) is 1. The fourth-order valence-corrected chi connectivity index (χ4v) is 1.97. The molecule has 0 saturated carbocycles. The Balaban J connectivity index is 2.50. The molecule has 0 aliphatic carbocycles. The van der Waals surface area contributed by atoms with Gasteiger partial charge in [0.15, 0.2) is 5.96 Å². The number of benzene rings is 1. The van der Waals surface area contributed by atoms with E-state index in [1.54, 1.807) is 6.07 Å². The van der Waals surface area contributed by atoms with Gasteiger partial charge in [-0.05, 0) is 44.0 Å². The van der Waals surface area contributed by atoms with Gasteiger partial charge >= 0.3 is 0 Å². The Morgan fingerprint density at radius 1 is 1.29 bits per heavy atom. The summed E-state index contributed by atoms with van der Waals surface area (Å²) in [7, 11) is 0. The molecule has 3 N–H and O–H groups in total. The summed E-state index contributed by atoms with van der Waals surface area (Å²) in [5, 5.41) is 4.31. The van der Waals surface area contributed by atoms with Gasteiger partial charge < -0.3 is 11.1 Å². The molecule has 0 spiro atoms. The zero-order valence-corrected chi connectivity index (χ0v) is 11.5. The van der Waals surface area contributed by atoms with E-state index >= 15 is 0 Å². The monoisotopic (exact) mass is 273 g/mol. The predicted octanol–water partition coefficient (Wildman–Crippen LogP) is 2.85. The first-order valence-electron chi connectivity index (χ1n) is 5.49. The van der Waals surface area contributed by atoms with Crippen molar-refractivity contribution >= 4 is 29.2 Å². The molecule has 0 amide bonds. The van der Waals surface area contributed by atoms with Crippen LogP contribution in [0.3, 0.4) is 0 Å². The summed E-state index contributed by atoms with van der Waals surface area (Å²) >= 11 is 11.8. The van der Waals surface area contributed by atoms with E-state index in [0.717, 1.165) is 12.0 Å². The van der Waals surface area contributed by atoms with E-state index in [1.807, 2.05) is 26.0 Å². The van der Waals surface area contributed by atoms with Gasteiger partial charge in [0.1, 0.15) is 0 Å². The van der Waals surface area contributed by atoms with Crippen LogP contribution in [0.5, 0.6) is 0 Å². The van der Waals surface area contributed by atoms with E-state index in [0.29, 0.717) is 28.6 Å². The quantitative estimate of drug-likeness (QED) is 0.655. The SMILES string of the molecule is CC(C)NC(N)=NCCc1cc(Cl)cc(Cl)c1. The number of rotatable bonds is 4. The van der Waals surface area contributed by atoms with Crippen LogP contribution in [-0.2, 0) is 6.42 Å². The van der Waals surface area contributed by atoms with Crippen molar-refractivity contribution in [1.82, 2.24) is 5.32 Å². The van der Waals surface area contributed by atoms with E-state index in [1.165, 1.54) is 0 Å². The lowest BCUT2D eigenvalue weighted by Gasteiger charge is -2.08. The summed E-state index contributed by atoms with van der Waals surface area (Å²) in [6, 6.07) is 5.77. The van der Waals surface area contributed by atoms with Crippen molar-refractivity contribution in [3.63, 3.8) is 0 Å². The Hall–Kier alpha value is -0.930. The molecule has 0 atom stereocenters. The Kier molecular flexibility index (Phi) is 5.59. The van der Waals surface area contributed by atoms with Gasteiger partial charge in [0.25, 0.3) is 0 Å². The highest BCUT2D eigenvalue weighted by Crippen LogP contribution is 2.19. The topological polar surface area (TPSA) is 50.4 Å². The molecular weight excluding hydrogens is 257 g/mol. The fraction of sp³-hybridized carbons (Fsp3) is 0.417. The molecule has 0 saturated heterocycles. The van der Waals surface area contributed by atoms with Gasteiger partial charge in [-0.3, -0.25) is 4.99 Å². The smallest absolute Gasteiger partial charge is 0.188 e. The molecule has 1 aromatic rings. The van der Waals surface area contributed by atoms with Crippen molar-refractivity contribution in [2.75, 3.05) is 6.54 Å². The van der Waals surface area contributed by atoms with Crippen LogP contribution in [0.15, 0.2) is 23.2 Å². The second kappa shape index (κ2) is 6.72. The Bertz CT molecular complexity index is 382. The fourth-order valence-electron chi connectivity index (χ4n) is 1.40. The predicted molar refractivity (Wildman–Crippen MR) is 74.9 cm³/mol. The number of guanidine groups is 1. The van der Waals surface area contributed by atoms with Crippen molar-refractivity contribution in [3.8, 4) is 0 Å². The normalized spacial score (nSPS) is 11.9. The molecule has 1 aromatic carbocycles. The summed E-state index contributed by atoms with van der Waals surface area (Å²) in [6.45, 7) is 4.64. The van der Waals surface area contributed by atoms with Crippen molar-refractivity contribution in [3.05, 3.63) is 33.8 Å². The summed E-state index contributed by atoms with van der Waals surface area (Å²) in [6.07, 6.45) is 0.765. The van der Waals surface area contributed by atoms with Crippen molar-refractivity contribution in [2.45, 2.75) is 26.3 Å². The van der Waals surface area contributed by atoms with E-state index in [-0.39, 0.29) is 0 Å². The molecule has 3 nitrogen and oxygen atoms in total. The Morgan fingerprint density at radius 3 is 2.41 bits per heavy atom. The third kappa shape index (κ3) is 5.80. The number of nitrogens with two attached hydrogens (primary N) is 1. The standard InChI is InChI=1S/C12H17Cl2N3/c1-8(2)17-12(15)16-4-3-9-5-10(13)7-11(14)6-9/h5-8H,3-4H2,1-2H3,(H3,15,16,17). The van der Waals surface area contributed by atoms with E-state index in [2.05, 4.69) is 10.3 Å². The maximum absolute atomic E-state index is 5.90. The summed E-state index contributed by atoms with van der Waals surface area (Å²) in [4.78, 5) is 4.22. The maximum atomic E-state index is 5.90. The molecule has 0 heterocycles. The van der Waals surface area contributed by atoms with Gasteiger partial charge in [0.05, 0.1) is 0 Å². The summed E-state index contributed by atoms with van der Waals surface area (Å²) in [5.74, 6) is 0.466. The minimum absolute atomic E-state index is 0.291. The van der Waals surface area contributed by atoms with Gasteiger partial charge in [0.2, 0.25) is 0 Å². The minimum Gasteiger partial charge on any atom is -0.370 e. The average Bonchev–Trinajstić information content (AvgIpc) is 2.14. The molecular formula is C12H17Cl2N3. The van der Waals surface area contributed by atoms with E-state index in [4.69, 9.17) is 28.9 Å². The molecule has 0 aliphatic rings. The molecule has 0 aliphatic heterocycles. The third-order valence-electron chi connectivity index (χ3n) is 2.04. The highest BCUT2D eigenvalue weighted by molar-refractivity contribution is 6.34. The number of halogens is 2. The van der Waals surface area contributed by atoms with Crippen LogP contribution in [-0.4, -0.2) is 18.5 Å². The first kappa shape index (κ1) is 14.1. The molecule has 5 heteroatoms. The lowest BCUT2D eigenvalue weighted by atomic mass is 10.1. The van der Waals surface area contributed by atoms with Crippen molar-refractivity contribution in [2.24, 2.45) is 10.7 Å². The summed E-state index contributed by atoms with van der Waals surface area (Å²) in [5.41, 5.74) is 6.74. The Labute approximate surface area is 112 Å². The van der Waals surface area contributed by atoms with Crippen molar-refractivity contribution in [1.29, 1.82) is 0 Å². The minimum atomic E-state index is 0.291. The van der Waals surface area contributed by atoms with Crippen molar-refractivity contribution < 1.29 is 0 Å². The maximum Gasteiger partial charge on any atom is 0.188 e. The first-order valence-corrected chi connectivity index (χ1v) is 6.24. The largest absolute Gasteiger partial charge is 0.370 e. The molecule has 0 radical (unpaired) electrons. The van der Waals surface area contributed by atoms with Crippen LogP contribution >= 0.6 is 23.2 Å². The van der Waals surface area contributed by atoms with E-state index in [9.17, 15) is 0 Å². The second-order valence-electron chi connectivity index (χ2n) is 4.09. The van der Waals surface area contributed by atoms with Crippen LogP contribution < -0.4 is 11.1 Å². The molecule has 94 valence electrons. The van der Waals surface area contributed by atoms with Crippen LogP contribution in [0.1, 0.15) is 19.4 Å². The van der Waals surface area contributed by atoms with Gasteiger partial charge in [0, 0.05) is 22.6 Å². The number of hydrogen-bond acceptors (Lipinski definition) is 1. The molecule has 17 heavy (non-hydrogen) atoms. The number of aliphatic imine (C=N–C) groups is 1. The van der Waals surface area contributed by atoms with Gasteiger partial charge in [-0.2, -0.15) is 0 Å². The molecule has 0 fully saturated rings. The summed E-state index contributed by atoms with van der Waals surface area (Å²) < 4.78 is 0. The first-order chi connectivity index (χ1) is 7.97. The Morgan fingerprint density at radius 2 is 1.88 bits per heavy atom. The zero-order chi connectivity index (χ0) is 12.8. The molecule has 1 rings (SSSR count). The second-order valence-corrected chi connectivity index (χ2v) is 4.97.